The van der Waals surface area contributed by atoms with Crippen LogP contribution in [0.15, 0.2) is 36.7 Å². The predicted octanol–water partition coefficient (Wildman–Crippen LogP) is 1.25. The van der Waals surface area contributed by atoms with Crippen molar-refractivity contribution in [3.63, 3.8) is 0 Å². The van der Waals surface area contributed by atoms with Crippen LogP contribution >= 0.6 is 0 Å². The van der Waals surface area contributed by atoms with Gasteiger partial charge in [-0.25, -0.2) is 4.98 Å². The highest BCUT2D eigenvalue weighted by atomic mass is 16.2. The zero-order valence-corrected chi connectivity index (χ0v) is 10.3. The maximum atomic E-state index is 11.9. The summed E-state index contributed by atoms with van der Waals surface area (Å²) in [6.07, 6.45) is 3.31. The summed E-state index contributed by atoms with van der Waals surface area (Å²) in [7, 11) is 1.77. The highest BCUT2D eigenvalue weighted by Crippen LogP contribution is 2.07. The first-order valence-corrected chi connectivity index (χ1v) is 5.63. The number of aromatic nitrogens is 3. The molecule has 2 heterocycles. The summed E-state index contributed by atoms with van der Waals surface area (Å²) in [5.41, 5.74) is 0. The molecule has 18 heavy (non-hydrogen) atoms. The van der Waals surface area contributed by atoms with Gasteiger partial charge in [0.1, 0.15) is 17.7 Å². The molecule has 2 N–H and O–H groups in total. The van der Waals surface area contributed by atoms with Gasteiger partial charge in [0.05, 0.1) is 6.20 Å². The van der Waals surface area contributed by atoms with E-state index in [1.165, 1.54) is 0 Å². The van der Waals surface area contributed by atoms with E-state index in [0.29, 0.717) is 11.6 Å². The highest BCUT2D eigenvalue weighted by Gasteiger charge is 2.14. The number of aryl methyl sites for hydroxylation is 1. The molecule has 2 rings (SSSR count). The summed E-state index contributed by atoms with van der Waals surface area (Å²) in [5, 5.41) is 9.78. The van der Waals surface area contributed by atoms with Gasteiger partial charge in [-0.2, -0.15) is 5.10 Å². The van der Waals surface area contributed by atoms with Crippen LogP contribution in [0.3, 0.4) is 0 Å². The zero-order chi connectivity index (χ0) is 13.0. The Kier molecular flexibility index (Phi) is 3.57. The molecular weight excluding hydrogens is 230 g/mol. The lowest BCUT2D eigenvalue weighted by molar-refractivity contribution is -0.116. The average Bonchev–Trinajstić information content (AvgIpc) is 2.76. The van der Waals surface area contributed by atoms with Crippen molar-refractivity contribution < 1.29 is 4.79 Å². The molecule has 0 aromatic carbocycles. The second-order valence-electron chi connectivity index (χ2n) is 3.91. The van der Waals surface area contributed by atoms with Crippen LogP contribution in [-0.4, -0.2) is 26.7 Å². The largest absolute Gasteiger partial charge is 0.359 e. The Morgan fingerprint density at radius 2 is 2.17 bits per heavy atom. The van der Waals surface area contributed by atoms with Crippen molar-refractivity contribution in [2.45, 2.75) is 13.0 Å². The third kappa shape index (κ3) is 2.85. The summed E-state index contributed by atoms with van der Waals surface area (Å²) in [5.74, 6) is 1.20. The Labute approximate surface area is 105 Å². The molecule has 6 heteroatoms. The normalized spacial score (nSPS) is 11.9. The topological polar surface area (TPSA) is 71.8 Å². The number of nitrogens with one attached hydrogen (secondary N) is 2. The number of anilines is 2. The summed E-state index contributed by atoms with van der Waals surface area (Å²) in [6.45, 7) is 1.78. The van der Waals surface area contributed by atoms with Crippen molar-refractivity contribution in [3.05, 3.63) is 36.7 Å². The molecule has 0 bridgehead atoms. The molecule has 0 spiro atoms. The number of carbonyl (C=O) groups excluding carboxylic acids is 1. The molecule has 1 amide bonds. The summed E-state index contributed by atoms with van der Waals surface area (Å²) in [4.78, 5) is 16.0. The van der Waals surface area contributed by atoms with Gasteiger partial charge in [0.15, 0.2) is 0 Å². The number of rotatable bonds is 4. The van der Waals surface area contributed by atoms with Gasteiger partial charge in [-0.3, -0.25) is 9.48 Å². The Morgan fingerprint density at radius 1 is 1.33 bits per heavy atom. The minimum Gasteiger partial charge on any atom is -0.359 e. The maximum absolute atomic E-state index is 11.9. The van der Waals surface area contributed by atoms with Crippen LogP contribution in [0.5, 0.6) is 0 Å². The summed E-state index contributed by atoms with van der Waals surface area (Å²) < 4.78 is 1.60. The molecule has 1 atom stereocenters. The number of hydrogen-bond acceptors (Lipinski definition) is 4. The van der Waals surface area contributed by atoms with Crippen LogP contribution in [0.25, 0.3) is 0 Å². The minimum absolute atomic E-state index is 0.135. The molecular formula is C12H15N5O. The smallest absolute Gasteiger partial charge is 0.247 e. The van der Waals surface area contributed by atoms with Gasteiger partial charge >= 0.3 is 0 Å². The Morgan fingerprint density at radius 3 is 2.78 bits per heavy atom. The van der Waals surface area contributed by atoms with Crippen LogP contribution in [0.1, 0.15) is 6.92 Å². The van der Waals surface area contributed by atoms with Crippen LogP contribution in [0.4, 0.5) is 11.6 Å². The molecule has 6 nitrogen and oxygen atoms in total. The van der Waals surface area contributed by atoms with Crippen molar-refractivity contribution >= 4 is 17.5 Å². The molecule has 0 unspecified atom stereocenters. The summed E-state index contributed by atoms with van der Waals surface area (Å²) >= 11 is 0. The number of amides is 1. The van der Waals surface area contributed by atoms with Crippen molar-refractivity contribution in [1.29, 1.82) is 0 Å². The van der Waals surface area contributed by atoms with E-state index in [1.54, 1.807) is 37.1 Å². The van der Waals surface area contributed by atoms with Gasteiger partial charge in [0, 0.05) is 19.3 Å². The highest BCUT2D eigenvalue weighted by molar-refractivity contribution is 5.95. The minimum atomic E-state index is -0.380. The maximum Gasteiger partial charge on any atom is 0.247 e. The number of nitrogens with zero attached hydrogens (tertiary/aromatic N) is 3. The van der Waals surface area contributed by atoms with E-state index in [0.717, 1.165) is 0 Å². The first-order valence-electron chi connectivity index (χ1n) is 5.63. The fourth-order valence-electron chi connectivity index (χ4n) is 1.47. The van der Waals surface area contributed by atoms with Crippen LogP contribution in [-0.2, 0) is 11.8 Å². The Balaban J connectivity index is 1.95. The number of hydrogen-bond donors (Lipinski definition) is 2. The molecule has 0 fully saturated rings. The van der Waals surface area contributed by atoms with Gasteiger partial charge in [0.2, 0.25) is 5.91 Å². The van der Waals surface area contributed by atoms with Crippen LogP contribution < -0.4 is 10.6 Å². The molecule has 0 saturated carbocycles. The van der Waals surface area contributed by atoms with Crippen molar-refractivity contribution in [2.75, 3.05) is 10.6 Å². The van der Waals surface area contributed by atoms with E-state index in [4.69, 9.17) is 0 Å². The Bertz CT molecular complexity index is 522. The van der Waals surface area contributed by atoms with E-state index in [9.17, 15) is 4.79 Å². The molecule has 0 aliphatic carbocycles. The van der Waals surface area contributed by atoms with Gasteiger partial charge in [-0.15, -0.1) is 0 Å². The zero-order valence-electron chi connectivity index (χ0n) is 10.3. The quantitative estimate of drug-likeness (QED) is 0.850. The van der Waals surface area contributed by atoms with E-state index in [1.807, 2.05) is 18.2 Å². The summed E-state index contributed by atoms with van der Waals surface area (Å²) in [6, 6.07) is 6.86. The third-order valence-corrected chi connectivity index (χ3v) is 2.49. The first kappa shape index (κ1) is 12.1. The van der Waals surface area contributed by atoms with Crippen molar-refractivity contribution in [2.24, 2.45) is 7.05 Å². The third-order valence-electron chi connectivity index (χ3n) is 2.49. The lowest BCUT2D eigenvalue weighted by Gasteiger charge is -2.14. The molecule has 0 saturated heterocycles. The van der Waals surface area contributed by atoms with Crippen molar-refractivity contribution in [3.8, 4) is 0 Å². The Hall–Kier alpha value is -2.37. The van der Waals surface area contributed by atoms with E-state index >= 15 is 0 Å². The van der Waals surface area contributed by atoms with E-state index < -0.39 is 0 Å². The molecule has 2 aromatic heterocycles. The fraction of sp³-hybridized carbons (Fsp3) is 0.250. The monoisotopic (exact) mass is 245 g/mol. The number of pyridine rings is 1. The SMILES string of the molecule is C[C@@H](Nc1ccccn1)C(=O)Nc1ccnn1C. The molecule has 0 aliphatic rings. The van der Waals surface area contributed by atoms with Gasteiger partial charge < -0.3 is 10.6 Å². The average molecular weight is 245 g/mol. The fourth-order valence-corrected chi connectivity index (χ4v) is 1.47. The second kappa shape index (κ2) is 5.31. The van der Waals surface area contributed by atoms with Gasteiger partial charge in [-0.05, 0) is 19.1 Å². The number of carbonyl (C=O) groups is 1. The molecule has 2 aromatic rings. The lowest BCUT2D eigenvalue weighted by Crippen LogP contribution is -2.32. The second-order valence-corrected chi connectivity index (χ2v) is 3.91. The first-order chi connectivity index (χ1) is 8.66. The van der Waals surface area contributed by atoms with Gasteiger partial charge in [0.25, 0.3) is 0 Å². The van der Waals surface area contributed by atoms with E-state index in [2.05, 4.69) is 20.7 Å². The van der Waals surface area contributed by atoms with Crippen LogP contribution in [0.2, 0.25) is 0 Å². The van der Waals surface area contributed by atoms with Crippen LogP contribution in [0, 0.1) is 0 Å². The van der Waals surface area contributed by atoms with E-state index in [-0.39, 0.29) is 11.9 Å². The van der Waals surface area contributed by atoms with Crippen molar-refractivity contribution in [1.82, 2.24) is 14.8 Å². The predicted molar refractivity (Wildman–Crippen MR) is 69.2 cm³/mol. The molecule has 0 radical (unpaired) electrons. The lowest BCUT2D eigenvalue weighted by atomic mass is 10.3. The standard InChI is InChI=1S/C12H15N5O/c1-9(15-10-5-3-4-7-13-10)12(18)16-11-6-8-14-17(11)2/h3-9H,1-2H3,(H,13,15)(H,16,18)/t9-/m1/s1. The van der Waals surface area contributed by atoms with Gasteiger partial charge in [-0.1, -0.05) is 6.07 Å². The molecule has 0 aliphatic heterocycles. The molecule has 94 valence electrons.